The molecule has 1 aromatic carbocycles. The Morgan fingerprint density at radius 2 is 2.00 bits per heavy atom. The highest BCUT2D eigenvalue weighted by molar-refractivity contribution is 9.10. The van der Waals surface area contributed by atoms with Crippen LogP contribution in [-0.4, -0.2) is 40.1 Å². The fraction of sp³-hybridized carbons (Fsp3) is 0.500. The normalized spacial score (nSPS) is 20.1. The Balaban J connectivity index is 1.60. The Morgan fingerprint density at radius 1 is 1.26 bits per heavy atom. The number of aromatic nitrogens is 2. The first-order valence-corrected chi connectivity index (χ1v) is 8.56. The lowest BCUT2D eigenvalue weighted by atomic mass is 9.95. The van der Waals surface area contributed by atoms with Crippen LogP contribution in [0.15, 0.2) is 16.7 Å². The molecule has 0 spiro atoms. The number of ether oxygens (including phenoxy) is 1. The molecule has 0 atom stereocenters. The van der Waals surface area contributed by atoms with E-state index in [-0.39, 0.29) is 21.5 Å². The number of hydrogen-bond donors (Lipinski definition) is 0. The number of nitrogens with zero attached hydrogens (tertiary/aromatic N) is 3. The summed E-state index contributed by atoms with van der Waals surface area (Å²) in [5.74, 6) is -1.40. The third-order valence-electron chi connectivity index (χ3n) is 4.97. The average Bonchev–Trinajstić information content (AvgIpc) is 3.11. The van der Waals surface area contributed by atoms with E-state index in [0.717, 1.165) is 25.9 Å². The van der Waals surface area contributed by atoms with Crippen molar-refractivity contribution in [1.29, 1.82) is 0 Å². The molecular formula is C16H16BrF2N3O. The van der Waals surface area contributed by atoms with E-state index in [2.05, 4.69) is 30.8 Å². The predicted molar refractivity (Wildman–Crippen MR) is 85.4 cm³/mol. The number of fused-ring (bicyclic) bond motifs is 2. The molecule has 0 saturated carbocycles. The van der Waals surface area contributed by atoms with Gasteiger partial charge in [-0.2, -0.15) is 4.98 Å². The van der Waals surface area contributed by atoms with Gasteiger partial charge in [-0.15, -0.1) is 0 Å². The lowest BCUT2D eigenvalue weighted by Gasteiger charge is -2.31. The van der Waals surface area contributed by atoms with Crippen molar-refractivity contribution < 1.29 is 13.5 Å². The smallest absolute Gasteiger partial charge is 0.317 e. The van der Waals surface area contributed by atoms with Crippen LogP contribution in [0.3, 0.4) is 0 Å². The Kier molecular flexibility index (Phi) is 3.72. The van der Waals surface area contributed by atoms with Crippen LogP contribution in [0, 0.1) is 11.6 Å². The summed E-state index contributed by atoms with van der Waals surface area (Å²) in [5, 5.41) is 0.317. The van der Waals surface area contributed by atoms with Gasteiger partial charge in [0.1, 0.15) is 17.9 Å². The molecule has 0 unspecified atom stereocenters. The Bertz CT molecular complexity index is 761. The van der Waals surface area contributed by atoms with Gasteiger partial charge in [0, 0.05) is 11.6 Å². The van der Waals surface area contributed by atoms with Gasteiger partial charge in [0.15, 0.2) is 5.82 Å². The summed E-state index contributed by atoms with van der Waals surface area (Å²) in [4.78, 5) is 10.7. The summed E-state index contributed by atoms with van der Waals surface area (Å²) in [6, 6.07) is 1.35. The second-order valence-electron chi connectivity index (χ2n) is 6.28. The number of hydrogen-bond acceptors (Lipinski definition) is 4. The fourth-order valence-corrected chi connectivity index (χ4v) is 4.10. The molecule has 23 heavy (non-hydrogen) atoms. The molecule has 4 rings (SSSR count). The van der Waals surface area contributed by atoms with Crippen LogP contribution in [0.4, 0.5) is 8.78 Å². The molecule has 2 aliphatic heterocycles. The Hall–Kier alpha value is -1.34. The van der Waals surface area contributed by atoms with Crippen LogP contribution in [0.2, 0.25) is 0 Å². The molecule has 0 N–H and O–H groups in total. The van der Waals surface area contributed by atoms with Crippen LogP contribution >= 0.6 is 15.9 Å². The average molecular weight is 384 g/mol. The molecule has 1 aromatic heterocycles. The Labute approximate surface area is 141 Å². The van der Waals surface area contributed by atoms with E-state index in [0.29, 0.717) is 12.0 Å². The van der Waals surface area contributed by atoms with Gasteiger partial charge in [0.25, 0.3) is 0 Å². The van der Waals surface area contributed by atoms with Crippen molar-refractivity contribution in [2.45, 2.75) is 31.2 Å². The fourth-order valence-electron chi connectivity index (χ4n) is 3.79. The van der Waals surface area contributed by atoms with Gasteiger partial charge in [0.2, 0.25) is 0 Å². The largest absolute Gasteiger partial charge is 0.461 e. The van der Waals surface area contributed by atoms with Crippen LogP contribution in [0.25, 0.3) is 10.9 Å². The molecular weight excluding hydrogens is 368 g/mol. The topological polar surface area (TPSA) is 38.2 Å². The molecule has 2 fully saturated rings. The first-order valence-electron chi connectivity index (χ1n) is 7.77. The zero-order chi connectivity index (χ0) is 16.0. The van der Waals surface area contributed by atoms with Crippen molar-refractivity contribution in [3.8, 4) is 6.01 Å². The Morgan fingerprint density at radius 3 is 2.74 bits per heavy atom. The minimum Gasteiger partial charge on any atom is -0.461 e. The van der Waals surface area contributed by atoms with Crippen molar-refractivity contribution in [1.82, 2.24) is 14.9 Å². The van der Waals surface area contributed by atoms with Crippen LogP contribution in [-0.2, 0) is 0 Å². The van der Waals surface area contributed by atoms with E-state index in [1.54, 1.807) is 0 Å². The zero-order valence-electron chi connectivity index (χ0n) is 12.5. The van der Waals surface area contributed by atoms with E-state index in [1.807, 2.05) is 0 Å². The van der Waals surface area contributed by atoms with Crippen LogP contribution in [0.1, 0.15) is 25.7 Å². The van der Waals surface area contributed by atoms with Gasteiger partial charge < -0.3 is 4.74 Å². The minimum absolute atomic E-state index is 0.0653. The summed E-state index contributed by atoms with van der Waals surface area (Å²) in [6.07, 6.45) is 6.00. The quantitative estimate of drug-likeness (QED) is 0.757. The van der Waals surface area contributed by atoms with Crippen molar-refractivity contribution in [2.75, 3.05) is 19.7 Å². The monoisotopic (exact) mass is 383 g/mol. The zero-order valence-corrected chi connectivity index (χ0v) is 14.1. The van der Waals surface area contributed by atoms with Crippen molar-refractivity contribution in [2.24, 2.45) is 0 Å². The first kappa shape index (κ1) is 15.2. The highest BCUT2D eigenvalue weighted by atomic mass is 79.9. The van der Waals surface area contributed by atoms with Gasteiger partial charge in [0.05, 0.1) is 10.0 Å². The number of rotatable bonds is 3. The molecule has 2 aliphatic rings. The molecule has 4 nitrogen and oxygen atoms in total. The van der Waals surface area contributed by atoms with Crippen LogP contribution < -0.4 is 4.74 Å². The molecule has 7 heteroatoms. The van der Waals surface area contributed by atoms with E-state index in [9.17, 15) is 8.78 Å². The highest BCUT2D eigenvalue weighted by Gasteiger charge is 2.44. The SMILES string of the molecule is Fc1cc2cnc(OCC34CCCN3CCC4)nc2c(F)c1Br. The maximum absolute atomic E-state index is 14.2. The van der Waals surface area contributed by atoms with Gasteiger partial charge in [-0.3, -0.25) is 4.90 Å². The number of benzene rings is 1. The molecule has 2 aromatic rings. The molecule has 0 aliphatic carbocycles. The van der Waals surface area contributed by atoms with Gasteiger partial charge >= 0.3 is 6.01 Å². The summed E-state index contributed by atoms with van der Waals surface area (Å²) in [7, 11) is 0. The second kappa shape index (κ2) is 5.63. The van der Waals surface area contributed by atoms with Gasteiger partial charge in [-0.05, 0) is 60.8 Å². The molecule has 0 radical (unpaired) electrons. The second-order valence-corrected chi connectivity index (χ2v) is 7.08. The van der Waals surface area contributed by atoms with Crippen LogP contribution in [0.5, 0.6) is 6.01 Å². The molecule has 2 saturated heterocycles. The third kappa shape index (κ3) is 2.50. The van der Waals surface area contributed by atoms with E-state index in [4.69, 9.17) is 4.74 Å². The van der Waals surface area contributed by atoms with Crippen molar-refractivity contribution in [3.63, 3.8) is 0 Å². The van der Waals surface area contributed by atoms with Gasteiger partial charge in [-0.25, -0.2) is 13.8 Å². The maximum atomic E-state index is 14.2. The van der Waals surface area contributed by atoms with Crippen molar-refractivity contribution >= 4 is 26.8 Å². The first-order chi connectivity index (χ1) is 11.1. The standard InChI is InChI=1S/C16H16BrF2N3O/c17-12-11(18)7-10-8-20-15(21-14(10)13(12)19)23-9-16-3-1-5-22(16)6-2-4-16/h7-8H,1-6,9H2. The summed E-state index contributed by atoms with van der Waals surface area (Å²) >= 11 is 2.90. The van der Waals surface area contributed by atoms with E-state index >= 15 is 0 Å². The number of halogens is 3. The highest BCUT2D eigenvalue weighted by Crippen LogP contribution is 2.39. The summed E-state index contributed by atoms with van der Waals surface area (Å²) in [5.41, 5.74) is 0.149. The summed E-state index contributed by atoms with van der Waals surface area (Å²) < 4.78 is 33.3. The van der Waals surface area contributed by atoms with Gasteiger partial charge in [-0.1, -0.05) is 0 Å². The van der Waals surface area contributed by atoms with E-state index < -0.39 is 11.6 Å². The third-order valence-corrected chi connectivity index (χ3v) is 5.70. The lowest BCUT2D eigenvalue weighted by molar-refractivity contribution is 0.107. The molecule has 0 amide bonds. The van der Waals surface area contributed by atoms with Crippen molar-refractivity contribution in [3.05, 3.63) is 28.4 Å². The molecule has 122 valence electrons. The summed E-state index contributed by atoms with van der Waals surface area (Å²) in [6.45, 7) is 2.74. The predicted octanol–water partition coefficient (Wildman–Crippen LogP) is 3.68. The lowest BCUT2D eigenvalue weighted by Crippen LogP contribution is -2.43. The van der Waals surface area contributed by atoms with E-state index in [1.165, 1.54) is 25.1 Å². The molecule has 3 heterocycles. The minimum atomic E-state index is -0.728. The molecule has 0 bridgehead atoms. The maximum Gasteiger partial charge on any atom is 0.317 e.